The molecule has 0 aromatic carbocycles. The third-order valence-electron chi connectivity index (χ3n) is 4.04. The molecule has 3 N–H and O–H groups in total. The topological polar surface area (TPSA) is 61.4 Å². The van der Waals surface area contributed by atoms with E-state index in [2.05, 4.69) is 17.6 Å². The first-order valence-electron chi connectivity index (χ1n) is 7.30. The molecule has 2 unspecified atom stereocenters. The van der Waals surface area contributed by atoms with Crippen molar-refractivity contribution in [1.82, 2.24) is 10.6 Å². The third kappa shape index (κ3) is 4.58. The number of rotatable bonds is 6. The van der Waals surface area contributed by atoms with Crippen molar-refractivity contribution in [2.75, 3.05) is 13.1 Å². The Hall–Kier alpha value is -0.610. The van der Waals surface area contributed by atoms with E-state index in [0.717, 1.165) is 25.8 Å². The molecule has 4 nitrogen and oxygen atoms in total. The zero-order valence-corrected chi connectivity index (χ0v) is 11.4. The maximum atomic E-state index is 11.6. The number of hydrogen-bond donors (Lipinski definition) is 3. The highest BCUT2D eigenvalue weighted by Crippen LogP contribution is 2.31. The molecule has 0 bridgehead atoms. The molecule has 0 aromatic heterocycles. The van der Waals surface area contributed by atoms with E-state index in [1.807, 2.05) is 0 Å². The van der Waals surface area contributed by atoms with Crippen LogP contribution in [0.5, 0.6) is 0 Å². The van der Waals surface area contributed by atoms with Gasteiger partial charge in [-0.25, -0.2) is 0 Å². The molecule has 0 spiro atoms. The second-order valence-corrected chi connectivity index (χ2v) is 6.18. The molecule has 0 aromatic rings. The number of aliphatic hydroxyl groups is 1. The average Bonchev–Trinajstić information content (AvgIpc) is 3.10. The third-order valence-corrected chi connectivity index (χ3v) is 4.04. The van der Waals surface area contributed by atoms with Gasteiger partial charge in [0.15, 0.2) is 0 Å². The van der Waals surface area contributed by atoms with Crippen LogP contribution in [0, 0.1) is 5.92 Å². The molecule has 2 aliphatic rings. The molecule has 2 rings (SSSR count). The number of nitrogens with one attached hydrogen (secondary N) is 2. The smallest absolute Gasteiger partial charge is 0.221 e. The standard InChI is InChI=1S/C14H26N2O2/c1-11-3-2-7-14(18,9-11)10-16-13(17)6-8-15-12-4-5-12/h11-12,15,18H,2-10H2,1H3,(H,16,17). The van der Waals surface area contributed by atoms with Crippen LogP contribution in [0.1, 0.15) is 51.9 Å². The van der Waals surface area contributed by atoms with Crippen molar-refractivity contribution in [2.45, 2.75) is 63.5 Å². The van der Waals surface area contributed by atoms with Crippen LogP contribution >= 0.6 is 0 Å². The summed E-state index contributed by atoms with van der Waals surface area (Å²) in [5, 5.41) is 16.6. The number of hydrogen-bond acceptors (Lipinski definition) is 3. The molecule has 104 valence electrons. The summed E-state index contributed by atoms with van der Waals surface area (Å²) in [4.78, 5) is 11.6. The number of amides is 1. The Morgan fingerprint density at radius 3 is 2.83 bits per heavy atom. The molecule has 1 amide bonds. The van der Waals surface area contributed by atoms with Crippen LogP contribution in [-0.4, -0.2) is 35.7 Å². The summed E-state index contributed by atoms with van der Waals surface area (Å²) in [5.41, 5.74) is -0.669. The summed E-state index contributed by atoms with van der Waals surface area (Å²) in [5.74, 6) is 0.618. The summed E-state index contributed by atoms with van der Waals surface area (Å²) in [6.07, 6.45) is 6.91. The minimum absolute atomic E-state index is 0.0507. The van der Waals surface area contributed by atoms with Gasteiger partial charge in [-0.05, 0) is 31.6 Å². The maximum Gasteiger partial charge on any atom is 0.221 e. The Labute approximate surface area is 110 Å². The van der Waals surface area contributed by atoms with Gasteiger partial charge in [0, 0.05) is 25.6 Å². The maximum absolute atomic E-state index is 11.6. The fraction of sp³-hybridized carbons (Fsp3) is 0.929. The van der Waals surface area contributed by atoms with Crippen LogP contribution in [0.4, 0.5) is 0 Å². The number of carbonyl (C=O) groups is 1. The van der Waals surface area contributed by atoms with Crippen LogP contribution in [-0.2, 0) is 4.79 Å². The summed E-state index contributed by atoms with van der Waals surface area (Å²) >= 11 is 0. The van der Waals surface area contributed by atoms with E-state index < -0.39 is 5.60 Å². The summed E-state index contributed by atoms with van der Waals surface area (Å²) in [7, 11) is 0. The van der Waals surface area contributed by atoms with Crippen molar-refractivity contribution >= 4 is 5.91 Å². The highest BCUT2D eigenvalue weighted by molar-refractivity contribution is 5.76. The molecule has 2 saturated carbocycles. The lowest BCUT2D eigenvalue weighted by Gasteiger charge is -2.35. The second kappa shape index (κ2) is 6.02. The van der Waals surface area contributed by atoms with Gasteiger partial charge in [0.2, 0.25) is 5.91 Å². The Balaban J connectivity index is 1.61. The molecule has 0 aliphatic heterocycles. The van der Waals surface area contributed by atoms with Crippen molar-refractivity contribution in [1.29, 1.82) is 0 Å². The summed E-state index contributed by atoms with van der Waals surface area (Å²) in [6.45, 7) is 3.34. The van der Waals surface area contributed by atoms with Crippen LogP contribution in [0.15, 0.2) is 0 Å². The lowest BCUT2D eigenvalue weighted by Crippen LogP contribution is -2.46. The molecular weight excluding hydrogens is 228 g/mol. The predicted molar refractivity (Wildman–Crippen MR) is 71.2 cm³/mol. The van der Waals surface area contributed by atoms with Gasteiger partial charge in [-0.3, -0.25) is 4.79 Å². The van der Waals surface area contributed by atoms with Gasteiger partial charge >= 0.3 is 0 Å². The van der Waals surface area contributed by atoms with E-state index in [0.29, 0.717) is 24.9 Å². The molecule has 2 aliphatic carbocycles. The van der Waals surface area contributed by atoms with Gasteiger partial charge in [0.25, 0.3) is 0 Å². The van der Waals surface area contributed by atoms with Gasteiger partial charge in [-0.2, -0.15) is 0 Å². The highest BCUT2D eigenvalue weighted by Gasteiger charge is 2.32. The summed E-state index contributed by atoms with van der Waals surface area (Å²) < 4.78 is 0. The van der Waals surface area contributed by atoms with Crippen LogP contribution in [0.25, 0.3) is 0 Å². The average molecular weight is 254 g/mol. The van der Waals surface area contributed by atoms with Gasteiger partial charge in [-0.1, -0.05) is 19.8 Å². The van der Waals surface area contributed by atoms with E-state index >= 15 is 0 Å². The lowest BCUT2D eigenvalue weighted by atomic mass is 9.79. The SMILES string of the molecule is CC1CCCC(O)(CNC(=O)CCNC2CC2)C1. The highest BCUT2D eigenvalue weighted by atomic mass is 16.3. The normalized spacial score (nSPS) is 32.2. The van der Waals surface area contributed by atoms with E-state index in [9.17, 15) is 9.90 Å². The molecule has 0 radical (unpaired) electrons. The fourth-order valence-electron chi connectivity index (χ4n) is 2.82. The van der Waals surface area contributed by atoms with Gasteiger partial charge < -0.3 is 15.7 Å². The first kappa shape index (κ1) is 13.8. The van der Waals surface area contributed by atoms with Crippen molar-refractivity contribution in [3.8, 4) is 0 Å². The molecule has 0 saturated heterocycles. The Morgan fingerprint density at radius 1 is 1.39 bits per heavy atom. The monoisotopic (exact) mass is 254 g/mol. The first-order valence-corrected chi connectivity index (χ1v) is 7.30. The van der Waals surface area contributed by atoms with Crippen LogP contribution in [0.2, 0.25) is 0 Å². The van der Waals surface area contributed by atoms with Crippen molar-refractivity contribution in [2.24, 2.45) is 5.92 Å². The van der Waals surface area contributed by atoms with E-state index in [1.54, 1.807) is 0 Å². The largest absolute Gasteiger partial charge is 0.388 e. The van der Waals surface area contributed by atoms with Gasteiger partial charge in [0.1, 0.15) is 0 Å². The summed E-state index contributed by atoms with van der Waals surface area (Å²) in [6, 6.07) is 0.654. The molecule has 4 heteroatoms. The van der Waals surface area contributed by atoms with Crippen LogP contribution < -0.4 is 10.6 Å². The van der Waals surface area contributed by atoms with E-state index in [4.69, 9.17) is 0 Å². The van der Waals surface area contributed by atoms with Gasteiger partial charge in [-0.15, -0.1) is 0 Å². The van der Waals surface area contributed by atoms with Crippen molar-refractivity contribution in [3.63, 3.8) is 0 Å². The fourth-order valence-corrected chi connectivity index (χ4v) is 2.82. The van der Waals surface area contributed by atoms with E-state index in [1.165, 1.54) is 19.3 Å². The molecule has 2 atom stereocenters. The quantitative estimate of drug-likeness (QED) is 0.667. The van der Waals surface area contributed by atoms with Crippen molar-refractivity contribution in [3.05, 3.63) is 0 Å². The molecule has 2 fully saturated rings. The zero-order valence-electron chi connectivity index (χ0n) is 11.4. The van der Waals surface area contributed by atoms with Crippen LogP contribution in [0.3, 0.4) is 0 Å². The zero-order chi connectivity index (χ0) is 13.0. The Kier molecular flexibility index (Phi) is 4.62. The van der Waals surface area contributed by atoms with Crippen molar-refractivity contribution < 1.29 is 9.90 Å². The molecule has 18 heavy (non-hydrogen) atoms. The van der Waals surface area contributed by atoms with E-state index in [-0.39, 0.29) is 5.91 Å². The minimum atomic E-state index is -0.669. The molecule has 0 heterocycles. The van der Waals surface area contributed by atoms with Gasteiger partial charge in [0.05, 0.1) is 5.60 Å². The lowest BCUT2D eigenvalue weighted by molar-refractivity contribution is -0.122. The number of carbonyl (C=O) groups excluding carboxylic acids is 1. The minimum Gasteiger partial charge on any atom is -0.388 e. The first-order chi connectivity index (χ1) is 8.57. The Morgan fingerprint density at radius 2 is 2.17 bits per heavy atom. The Bertz CT molecular complexity index is 292. The predicted octanol–water partition coefficient (Wildman–Crippen LogP) is 1.19. The second-order valence-electron chi connectivity index (χ2n) is 6.18. The molecular formula is C14H26N2O2.